The van der Waals surface area contributed by atoms with Crippen LogP contribution in [-0.4, -0.2) is 32.2 Å². The zero-order valence-electron chi connectivity index (χ0n) is 17.1. The van der Waals surface area contributed by atoms with Gasteiger partial charge >= 0.3 is 0 Å². The highest BCUT2D eigenvalue weighted by Crippen LogP contribution is 2.39. The lowest BCUT2D eigenvalue weighted by Gasteiger charge is -2.26. The molecule has 0 aliphatic carbocycles. The number of nitrogens with zero attached hydrogens (tertiary/aromatic N) is 4. The van der Waals surface area contributed by atoms with Gasteiger partial charge in [0.15, 0.2) is 11.2 Å². The Morgan fingerprint density at radius 2 is 1.88 bits per heavy atom. The van der Waals surface area contributed by atoms with Crippen LogP contribution in [0.3, 0.4) is 0 Å². The molecule has 12 heteroatoms. The minimum Gasteiger partial charge on any atom is -0.383 e. The van der Waals surface area contributed by atoms with Gasteiger partial charge in [-0.3, -0.25) is 4.79 Å². The molecule has 33 heavy (non-hydrogen) atoms. The predicted molar refractivity (Wildman–Crippen MR) is 117 cm³/mol. The van der Waals surface area contributed by atoms with Gasteiger partial charge in [-0.2, -0.15) is 4.98 Å². The van der Waals surface area contributed by atoms with Crippen molar-refractivity contribution < 1.29 is 23.2 Å². The van der Waals surface area contributed by atoms with Crippen LogP contribution < -0.4 is 16.4 Å². The molecule has 5 N–H and O–H groups in total. The maximum Gasteiger partial charge on any atom is 0.261 e. The molecule has 2 atom stereocenters. The van der Waals surface area contributed by atoms with Gasteiger partial charge in [0, 0.05) is 11.3 Å². The normalized spacial score (nSPS) is 13.0. The highest BCUT2D eigenvalue weighted by atomic mass is 32.1. The summed E-state index contributed by atoms with van der Waals surface area (Å²) in [6.45, 7) is 1.56. The van der Waals surface area contributed by atoms with Crippen LogP contribution in [0.25, 0.3) is 11.4 Å². The minimum absolute atomic E-state index is 0.0308. The first-order chi connectivity index (χ1) is 15.7. The Balaban J connectivity index is 1.68. The van der Waals surface area contributed by atoms with Gasteiger partial charge in [0.25, 0.3) is 5.89 Å². The van der Waals surface area contributed by atoms with Crippen LogP contribution in [0.15, 0.2) is 53.1 Å². The maximum atomic E-state index is 13.5. The van der Waals surface area contributed by atoms with Gasteiger partial charge in [-0.25, -0.2) is 13.8 Å². The van der Waals surface area contributed by atoms with Crippen LogP contribution in [0, 0.1) is 11.6 Å². The molecule has 2 aromatic carbocycles. The number of amides is 1. The third kappa shape index (κ3) is 4.52. The van der Waals surface area contributed by atoms with Gasteiger partial charge in [-0.15, -0.1) is 0 Å². The van der Waals surface area contributed by atoms with E-state index in [0.29, 0.717) is 11.3 Å². The number of primary amides is 1. The summed E-state index contributed by atoms with van der Waals surface area (Å²) >= 11 is 0.973. The van der Waals surface area contributed by atoms with Crippen molar-refractivity contribution in [2.75, 3.05) is 10.6 Å². The molecular weight excluding hydrogens is 454 g/mol. The van der Waals surface area contributed by atoms with Crippen molar-refractivity contribution in [2.45, 2.75) is 19.1 Å². The topological polar surface area (TPSA) is 144 Å². The number of nitrogen functional groups attached to an aromatic ring is 1. The Morgan fingerprint density at radius 3 is 2.55 bits per heavy atom. The summed E-state index contributed by atoms with van der Waals surface area (Å²) in [4.78, 5) is 21.9. The molecule has 170 valence electrons. The van der Waals surface area contributed by atoms with Crippen molar-refractivity contribution in [3.63, 3.8) is 0 Å². The second kappa shape index (κ2) is 8.92. The van der Waals surface area contributed by atoms with Gasteiger partial charge < -0.3 is 26.0 Å². The standard InChI is InChI=1S/C21H18F2N6O3S/c1-10(18(25)31)29(14-7-5-12(22)6-8-14)21-26-17(24)16(33-21)15(30)20-27-19(28-32-20)11-3-2-4-13(23)9-11/h2-10,15,30H,24H2,1H3,(H2,25,31). The Hall–Kier alpha value is -3.90. The fourth-order valence-electron chi connectivity index (χ4n) is 3.06. The van der Waals surface area contributed by atoms with Crippen LogP contribution in [0.2, 0.25) is 0 Å². The van der Waals surface area contributed by atoms with Gasteiger partial charge in [0.2, 0.25) is 11.7 Å². The second-order valence-corrected chi connectivity index (χ2v) is 8.05. The highest BCUT2D eigenvalue weighted by Gasteiger charge is 2.29. The van der Waals surface area contributed by atoms with E-state index in [1.54, 1.807) is 13.0 Å². The number of hydrogen-bond acceptors (Lipinski definition) is 9. The number of aromatic nitrogens is 3. The maximum absolute atomic E-state index is 13.5. The molecular formula is C21H18F2N6O3S. The predicted octanol–water partition coefficient (Wildman–Crippen LogP) is 3.15. The van der Waals surface area contributed by atoms with E-state index in [0.717, 1.165) is 11.3 Å². The lowest BCUT2D eigenvalue weighted by molar-refractivity contribution is -0.118. The third-order valence-electron chi connectivity index (χ3n) is 4.79. The fourth-order valence-corrected chi connectivity index (χ4v) is 4.13. The molecule has 4 aromatic rings. The number of aliphatic hydroxyl groups excluding tert-OH is 1. The number of carbonyl (C=O) groups is 1. The molecule has 0 radical (unpaired) electrons. The lowest BCUT2D eigenvalue weighted by atomic mass is 10.2. The molecule has 0 fully saturated rings. The molecule has 2 unspecified atom stereocenters. The number of aliphatic hydroxyl groups is 1. The van der Waals surface area contributed by atoms with Crippen LogP contribution >= 0.6 is 11.3 Å². The van der Waals surface area contributed by atoms with Crippen molar-refractivity contribution >= 4 is 33.9 Å². The SMILES string of the molecule is CC(C(N)=O)N(c1ccc(F)cc1)c1nc(N)c(C(O)c2nc(-c3cccc(F)c3)no2)s1. The van der Waals surface area contributed by atoms with Crippen LogP contribution in [-0.2, 0) is 4.79 Å². The van der Waals surface area contributed by atoms with E-state index in [-0.39, 0.29) is 27.5 Å². The van der Waals surface area contributed by atoms with E-state index in [1.807, 2.05) is 0 Å². The smallest absolute Gasteiger partial charge is 0.261 e. The van der Waals surface area contributed by atoms with E-state index >= 15 is 0 Å². The zero-order chi connectivity index (χ0) is 23.7. The summed E-state index contributed by atoms with van der Waals surface area (Å²) in [6, 6.07) is 10.1. The first kappa shape index (κ1) is 22.3. The van der Waals surface area contributed by atoms with Crippen molar-refractivity contribution in [2.24, 2.45) is 5.73 Å². The Morgan fingerprint density at radius 1 is 1.15 bits per heavy atom. The lowest BCUT2D eigenvalue weighted by Crippen LogP contribution is -2.39. The Bertz CT molecular complexity index is 1290. The molecule has 0 bridgehead atoms. The summed E-state index contributed by atoms with van der Waals surface area (Å²) in [6.07, 6.45) is -1.43. The number of thiazole rings is 1. The van der Waals surface area contributed by atoms with Gasteiger partial charge in [0.05, 0.1) is 4.88 Å². The average Bonchev–Trinajstić information content (AvgIpc) is 3.42. The molecule has 2 aromatic heterocycles. The molecule has 9 nitrogen and oxygen atoms in total. The number of benzene rings is 2. The zero-order valence-corrected chi connectivity index (χ0v) is 18.0. The third-order valence-corrected chi connectivity index (χ3v) is 5.91. The van der Waals surface area contributed by atoms with Gasteiger partial charge in [0.1, 0.15) is 23.5 Å². The van der Waals surface area contributed by atoms with E-state index in [4.69, 9.17) is 16.0 Å². The number of hydrogen-bond donors (Lipinski definition) is 3. The van der Waals surface area contributed by atoms with Crippen molar-refractivity contribution in [3.05, 3.63) is 70.9 Å². The quantitative estimate of drug-likeness (QED) is 0.372. The van der Waals surface area contributed by atoms with Crippen molar-refractivity contribution in [1.29, 1.82) is 0 Å². The molecule has 2 heterocycles. The summed E-state index contributed by atoms with van der Waals surface area (Å²) in [7, 11) is 0. The van der Waals surface area contributed by atoms with Crippen LogP contribution in [0.5, 0.6) is 0 Å². The van der Waals surface area contributed by atoms with E-state index < -0.39 is 29.7 Å². The molecule has 0 aliphatic rings. The van der Waals surface area contributed by atoms with Crippen LogP contribution in [0.4, 0.5) is 25.4 Å². The molecule has 0 aliphatic heterocycles. The first-order valence-electron chi connectivity index (χ1n) is 9.62. The molecule has 0 saturated heterocycles. The number of carbonyl (C=O) groups excluding carboxylic acids is 1. The van der Waals surface area contributed by atoms with Gasteiger partial charge in [-0.1, -0.05) is 28.6 Å². The minimum atomic E-state index is -1.43. The molecule has 1 amide bonds. The number of rotatable bonds is 7. The first-order valence-corrected chi connectivity index (χ1v) is 10.4. The largest absolute Gasteiger partial charge is 0.383 e. The Labute approximate surface area is 190 Å². The number of halogens is 2. The fraction of sp³-hybridized carbons (Fsp3) is 0.143. The summed E-state index contributed by atoms with van der Waals surface area (Å²) in [5.41, 5.74) is 12.3. The molecule has 0 spiro atoms. The van der Waals surface area contributed by atoms with Crippen molar-refractivity contribution in [3.8, 4) is 11.4 Å². The average molecular weight is 472 g/mol. The summed E-state index contributed by atoms with van der Waals surface area (Å²) < 4.78 is 32.0. The van der Waals surface area contributed by atoms with E-state index in [1.165, 1.54) is 47.4 Å². The van der Waals surface area contributed by atoms with E-state index in [2.05, 4.69) is 15.1 Å². The number of nitrogens with two attached hydrogens (primary N) is 2. The molecule has 4 rings (SSSR count). The monoisotopic (exact) mass is 472 g/mol. The number of anilines is 3. The van der Waals surface area contributed by atoms with E-state index in [9.17, 15) is 18.7 Å². The highest BCUT2D eigenvalue weighted by molar-refractivity contribution is 7.16. The summed E-state index contributed by atoms with van der Waals surface area (Å²) in [5, 5.41) is 14.8. The Kier molecular flexibility index (Phi) is 6.03. The summed E-state index contributed by atoms with van der Waals surface area (Å²) in [5.74, 6) is -1.69. The van der Waals surface area contributed by atoms with Crippen molar-refractivity contribution in [1.82, 2.24) is 15.1 Å². The molecule has 0 saturated carbocycles. The second-order valence-electron chi connectivity index (χ2n) is 7.04. The van der Waals surface area contributed by atoms with Gasteiger partial charge in [-0.05, 0) is 43.3 Å². The van der Waals surface area contributed by atoms with Crippen LogP contribution in [0.1, 0.15) is 23.8 Å².